The Morgan fingerprint density at radius 2 is 1.52 bits per heavy atom. The molecule has 0 aliphatic heterocycles. The zero-order valence-electron chi connectivity index (χ0n) is 18.0. The maximum absolute atomic E-state index is 11.2. The molecule has 29 heavy (non-hydrogen) atoms. The number of aliphatic imine (C=N–C) groups is 1. The zero-order chi connectivity index (χ0) is 21.2. The summed E-state index contributed by atoms with van der Waals surface area (Å²) in [5.74, 6) is 0.435. The highest BCUT2D eigenvalue weighted by molar-refractivity contribution is 6.20. The van der Waals surface area contributed by atoms with Crippen molar-refractivity contribution in [3.8, 4) is 5.75 Å². The fourth-order valence-corrected chi connectivity index (χ4v) is 3.62. The number of hydrogen-bond donors (Lipinski definition) is 2. The predicted octanol–water partition coefficient (Wildman–Crippen LogP) is 5.70. The summed E-state index contributed by atoms with van der Waals surface area (Å²) >= 11 is 0. The average Bonchev–Trinajstić information content (AvgIpc) is 2.68. The largest absolute Gasteiger partial charge is 0.507 e. The Bertz CT molecular complexity index is 1020. The number of aromatic hydroxyl groups is 1. The van der Waals surface area contributed by atoms with E-state index in [1.54, 1.807) is 0 Å². The normalized spacial score (nSPS) is 13.8. The lowest BCUT2D eigenvalue weighted by Crippen LogP contribution is -2.21. The van der Waals surface area contributed by atoms with Crippen molar-refractivity contribution >= 4 is 16.5 Å². The molecule has 0 aromatic heterocycles. The van der Waals surface area contributed by atoms with Crippen molar-refractivity contribution in [2.45, 2.75) is 46.1 Å². The summed E-state index contributed by atoms with van der Waals surface area (Å²) in [7, 11) is 0. The van der Waals surface area contributed by atoms with E-state index >= 15 is 0 Å². The van der Waals surface area contributed by atoms with Crippen LogP contribution in [-0.4, -0.2) is 28.6 Å². The Kier molecular flexibility index (Phi) is 6.09. The second kappa shape index (κ2) is 8.38. The second-order valence-corrected chi connectivity index (χ2v) is 8.95. The van der Waals surface area contributed by atoms with Crippen LogP contribution in [0.4, 0.5) is 0 Å². The minimum Gasteiger partial charge on any atom is -0.507 e. The third-order valence-corrected chi connectivity index (χ3v) is 5.40. The van der Waals surface area contributed by atoms with Crippen molar-refractivity contribution in [2.75, 3.05) is 6.61 Å². The number of aliphatic hydroxyl groups excluding tert-OH is 1. The van der Waals surface area contributed by atoms with Crippen LogP contribution in [0.15, 0.2) is 65.7 Å². The first-order valence-corrected chi connectivity index (χ1v) is 10.2. The molecule has 0 spiro atoms. The van der Waals surface area contributed by atoms with Crippen LogP contribution in [0.5, 0.6) is 5.75 Å². The van der Waals surface area contributed by atoms with E-state index in [0.29, 0.717) is 5.56 Å². The number of nitrogens with zero attached hydrogens (tertiary/aromatic N) is 1. The van der Waals surface area contributed by atoms with Gasteiger partial charge in [0.15, 0.2) is 0 Å². The fraction of sp³-hybridized carbons (Fsp3) is 0.346. The van der Waals surface area contributed by atoms with Crippen molar-refractivity contribution in [2.24, 2.45) is 10.9 Å². The molecule has 3 aromatic carbocycles. The minimum absolute atomic E-state index is 0.0361. The molecule has 3 rings (SSSR count). The van der Waals surface area contributed by atoms with Gasteiger partial charge in [-0.25, -0.2) is 0 Å². The van der Waals surface area contributed by atoms with E-state index < -0.39 is 0 Å². The van der Waals surface area contributed by atoms with E-state index in [0.717, 1.165) is 27.6 Å². The van der Waals surface area contributed by atoms with Crippen LogP contribution < -0.4 is 0 Å². The molecule has 3 nitrogen and oxygen atoms in total. The van der Waals surface area contributed by atoms with Gasteiger partial charge >= 0.3 is 0 Å². The van der Waals surface area contributed by atoms with Crippen LogP contribution in [0.3, 0.4) is 0 Å². The molecule has 0 unspecified atom stereocenters. The summed E-state index contributed by atoms with van der Waals surface area (Å²) in [6.07, 6.45) is 0. The number of hydrogen-bond acceptors (Lipinski definition) is 3. The molecule has 0 aliphatic rings. The van der Waals surface area contributed by atoms with Gasteiger partial charge in [0.2, 0.25) is 0 Å². The standard InChI is InChI=1S/C26H31NO2/c1-17(2)23(16-28)27-24(20-13-8-11-18-10-6-7-12-19(18)20)21-14-9-15-22(25(21)29)26(3,4)5/h6-15,17,23,28-29H,16H2,1-5H3/t23-/m1/s1. The third-order valence-electron chi connectivity index (χ3n) is 5.40. The zero-order valence-corrected chi connectivity index (χ0v) is 18.0. The maximum atomic E-state index is 11.2. The summed E-state index contributed by atoms with van der Waals surface area (Å²) in [6, 6.07) is 19.9. The molecule has 2 N–H and O–H groups in total. The van der Waals surface area contributed by atoms with Crippen molar-refractivity contribution in [3.05, 3.63) is 77.4 Å². The van der Waals surface area contributed by atoms with Crippen LogP contribution in [0.2, 0.25) is 0 Å². The molecular weight excluding hydrogens is 358 g/mol. The topological polar surface area (TPSA) is 52.8 Å². The number of para-hydroxylation sites is 1. The molecule has 0 saturated carbocycles. The smallest absolute Gasteiger partial charge is 0.128 e. The summed E-state index contributed by atoms with van der Waals surface area (Å²) in [6.45, 7) is 10.3. The lowest BCUT2D eigenvalue weighted by atomic mass is 9.83. The maximum Gasteiger partial charge on any atom is 0.128 e. The van der Waals surface area contributed by atoms with Crippen LogP contribution in [0.25, 0.3) is 10.8 Å². The molecule has 0 fully saturated rings. The van der Waals surface area contributed by atoms with Gasteiger partial charge in [0.25, 0.3) is 0 Å². The summed E-state index contributed by atoms with van der Waals surface area (Å²) in [5, 5.41) is 23.3. The van der Waals surface area contributed by atoms with Gasteiger partial charge in [-0.15, -0.1) is 0 Å². The van der Waals surface area contributed by atoms with Crippen molar-refractivity contribution in [1.29, 1.82) is 0 Å². The van der Waals surface area contributed by atoms with Gasteiger partial charge in [-0.1, -0.05) is 89.2 Å². The van der Waals surface area contributed by atoms with Crippen LogP contribution in [0.1, 0.15) is 51.3 Å². The monoisotopic (exact) mass is 389 g/mol. The van der Waals surface area contributed by atoms with E-state index in [9.17, 15) is 10.2 Å². The molecule has 0 bridgehead atoms. The van der Waals surface area contributed by atoms with E-state index in [1.165, 1.54) is 0 Å². The summed E-state index contributed by atoms with van der Waals surface area (Å²) in [4.78, 5) is 4.98. The molecule has 3 aromatic rings. The predicted molar refractivity (Wildman–Crippen MR) is 122 cm³/mol. The quantitative estimate of drug-likeness (QED) is 0.550. The van der Waals surface area contributed by atoms with Gasteiger partial charge < -0.3 is 10.2 Å². The van der Waals surface area contributed by atoms with Crippen molar-refractivity contribution in [1.82, 2.24) is 0 Å². The van der Waals surface area contributed by atoms with Gasteiger partial charge in [-0.2, -0.15) is 0 Å². The molecule has 0 heterocycles. The highest BCUT2D eigenvalue weighted by Gasteiger charge is 2.24. The van der Waals surface area contributed by atoms with E-state index in [2.05, 4.69) is 52.8 Å². The van der Waals surface area contributed by atoms with E-state index in [1.807, 2.05) is 42.5 Å². The Morgan fingerprint density at radius 3 is 2.17 bits per heavy atom. The lowest BCUT2D eigenvalue weighted by Gasteiger charge is -2.24. The van der Waals surface area contributed by atoms with Crippen molar-refractivity contribution in [3.63, 3.8) is 0 Å². The molecular formula is C26H31NO2. The molecule has 152 valence electrons. The van der Waals surface area contributed by atoms with Gasteiger partial charge in [0, 0.05) is 11.1 Å². The Morgan fingerprint density at radius 1 is 0.897 bits per heavy atom. The average molecular weight is 390 g/mol. The van der Waals surface area contributed by atoms with Crippen molar-refractivity contribution < 1.29 is 10.2 Å². The second-order valence-electron chi connectivity index (χ2n) is 8.95. The number of phenolic OH excluding ortho intramolecular Hbond substituents is 1. The molecule has 1 atom stereocenters. The first kappa shape index (κ1) is 21.1. The van der Waals surface area contributed by atoms with E-state index in [4.69, 9.17) is 4.99 Å². The lowest BCUT2D eigenvalue weighted by molar-refractivity contribution is 0.240. The molecule has 0 radical (unpaired) electrons. The Balaban J connectivity index is 2.33. The first-order valence-electron chi connectivity index (χ1n) is 10.2. The minimum atomic E-state index is -0.248. The SMILES string of the molecule is CC(C)[C@@H](CO)N=C(c1cccc(C(C)(C)C)c1O)c1cccc2ccccc12. The number of phenols is 1. The molecule has 0 saturated heterocycles. The van der Waals surface area contributed by atoms with Gasteiger partial charge in [-0.3, -0.25) is 4.99 Å². The molecule has 3 heteroatoms. The van der Waals surface area contributed by atoms with Gasteiger partial charge in [0.1, 0.15) is 5.75 Å². The van der Waals surface area contributed by atoms with E-state index in [-0.39, 0.29) is 29.7 Å². The highest BCUT2D eigenvalue weighted by Crippen LogP contribution is 2.35. The number of rotatable bonds is 5. The Hall–Kier alpha value is -2.65. The first-order chi connectivity index (χ1) is 13.7. The van der Waals surface area contributed by atoms with Crippen LogP contribution >= 0.6 is 0 Å². The fourth-order valence-electron chi connectivity index (χ4n) is 3.62. The molecule has 0 aliphatic carbocycles. The number of benzene rings is 3. The Labute approximate surface area is 173 Å². The van der Waals surface area contributed by atoms with Gasteiger partial charge in [-0.05, 0) is 33.7 Å². The number of aliphatic hydroxyl groups is 1. The number of fused-ring (bicyclic) bond motifs is 1. The van der Waals surface area contributed by atoms with Gasteiger partial charge in [0.05, 0.1) is 18.4 Å². The third kappa shape index (κ3) is 4.35. The summed E-state index contributed by atoms with van der Waals surface area (Å²) < 4.78 is 0. The molecule has 0 amide bonds. The highest BCUT2D eigenvalue weighted by atomic mass is 16.3. The van der Waals surface area contributed by atoms with Crippen LogP contribution in [0, 0.1) is 5.92 Å². The van der Waals surface area contributed by atoms with Crippen LogP contribution in [-0.2, 0) is 5.41 Å². The summed E-state index contributed by atoms with van der Waals surface area (Å²) in [5.41, 5.74) is 3.07.